The summed E-state index contributed by atoms with van der Waals surface area (Å²) >= 11 is 0. The van der Waals surface area contributed by atoms with Crippen LogP contribution in [0.5, 0.6) is 0 Å². The number of nitriles is 1. The number of carbonyl (C=O) groups is 1. The molecular formula is C8H15N3O. The molecule has 0 unspecified atom stereocenters. The van der Waals surface area contributed by atoms with E-state index in [4.69, 9.17) is 11.0 Å². The van der Waals surface area contributed by atoms with Gasteiger partial charge in [0.15, 0.2) is 0 Å². The van der Waals surface area contributed by atoms with E-state index < -0.39 is 0 Å². The first-order valence-electron chi connectivity index (χ1n) is 4.15. The molecule has 0 aromatic heterocycles. The standard InChI is InChI=1S/C8H15N3O/c9-5-2-1-3-7-11-8(12)4-6-10/h1-4,6-7,10H2,(H,11,12). The van der Waals surface area contributed by atoms with Gasteiger partial charge in [-0.05, 0) is 12.8 Å². The first-order valence-corrected chi connectivity index (χ1v) is 4.15. The Balaban J connectivity index is 3.09. The third-order valence-electron chi connectivity index (χ3n) is 1.41. The Morgan fingerprint density at radius 3 is 2.83 bits per heavy atom. The Kier molecular flexibility index (Phi) is 7.30. The van der Waals surface area contributed by atoms with Crippen molar-refractivity contribution in [3.63, 3.8) is 0 Å². The summed E-state index contributed by atoms with van der Waals surface area (Å²) in [5, 5.41) is 10.9. The van der Waals surface area contributed by atoms with E-state index in [0.29, 0.717) is 25.9 Å². The number of rotatable bonds is 6. The van der Waals surface area contributed by atoms with Crippen LogP contribution < -0.4 is 11.1 Å². The monoisotopic (exact) mass is 169 g/mol. The second-order valence-electron chi connectivity index (χ2n) is 2.50. The smallest absolute Gasteiger partial charge is 0.221 e. The lowest BCUT2D eigenvalue weighted by Crippen LogP contribution is -2.26. The van der Waals surface area contributed by atoms with Crippen molar-refractivity contribution in [3.05, 3.63) is 0 Å². The quantitative estimate of drug-likeness (QED) is 0.555. The lowest BCUT2D eigenvalue weighted by atomic mass is 10.2. The number of hydrogen-bond donors (Lipinski definition) is 2. The first kappa shape index (κ1) is 10.9. The van der Waals surface area contributed by atoms with Crippen LogP contribution >= 0.6 is 0 Å². The minimum Gasteiger partial charge on any atom is -0.356 e. The zero-order valence-corrected chi connectivity index (χ0v) is 7.18. The molecule has 0 aliphatic heterocycles. The van der Waals surface area contributed by atoms with Crippen molar-refractivity contribution >= 4 is 5.91 Å². The highest BCUT2D eigenvalue weighted by atomic mass is 16.1. The van der Waals surface area contributed by atoms with Crippen LogP contribution in [0.4, 0.5) is 0 Å². The number of nitrogens with one attached hydrogen (secondary N) is 1. The highest BCUT2D eigenvalue weighted by Crippen LogP contribution is 1.91. The maximum absolute atomic E-state index is 10.8. The summed E-state index contributed by atoms with van der Waals surface area (Å²) in [7, 11) is 0. The summed E-state index contributed by atoms with van der Waals surface area (Å²) in [5.74, 6) is -0.00513. The van der Waals surface area contributed by atoms with E-state index in [2.05, 4.69) is 5.32 Å². The lowest BCUT2D eigenvalue weighted by Gasteiger charge is -2.01. The zero-order valence-electron chi connectivity index (χ0n) is 7.18. The zero-order chi connectivity index (χ0) is 9.23. The van der Waals surface area contributed by atoms with Gasteiger partial charge in [0.1, 0.15) is 0 Å². The largest absolute Gasteiger partial charge is 0.356 e. The molecule has 0 aliphatic rings. The summed E-state index contributed by atoms with van der Waals surface area (Å²) in [6.45, 7) is 1.05. The van der Waals surface area contributed by atoms with Crippen LogP contribution in [0.3, 0.4) is 0 Å². The molecular weight excluding hydrogens is 154 g/mol. The lowest BCUT2D eigenvalue weighted by molar-refractivity contribution is -0.120. The topological polar surface area (TPSA) is 78.9 Å². The van der Waals surface area contributed by atoms with Gasteiger partial charge in [0.05, 0.1) is 6.07 Å². The van der Waals surface area contributed by atoms with E-state index in [9.17, 15) is 4.79 Å². The van der Waals surface area contributed by atoms with Crippen molar-refractivity contribution in [3.8, 4) is 6.07 Å². The molecule has 4 heteroatoms. The highest BCUT2D eigenvalue weighted by Gasteiger charge is 1.96. The number of amides is 1. The molecule has 0 aromatic rings. The van der Waals surface area contributed by atoms with Gasteiger partial charge < -0.3 is 11.1 Å². The Labute approximate surface area is 72.7 Å². The molecule has 0 radical (unpaired) electrons. The summed E-state index contributed by atoms with van der Waals surface area (Å²) in [5.41, 5.74) is 5.18. The van der Waals surface area contributed by atoms with Gasteiger partial charge >= 0.3 is 0 Å². The fourth-order valence-corrected chi connectivity index (χ4v) is 0.776. The molecule has 3 N–H and O–H groups in total. The predicted molar refractivity (Wildman–Crippen MR) is 46.1 cm³/mol. The molecule has 0 rings (SSSR count). The molecule has 0 bridgehead atoms. The number of hydrogen-bond acceptors (Lipinski definition) is 3. The molecule has 0 heterocycles. The minimum absolute atomic E-state index is 0.00513. The normalized spacial score (nSPS) is 9.00. The molecule has 0 fully saturated rings. The van der Waals surface area contributed by atoms with E-state index in [1.165, 1.54) is 0 Å². The molecule has 12 heavy (non-hydrogen) atoms. The van der Waals surface area contributed by atoms with Crippen LogP contribution in [-0.4, -0.2) is 19.0 Å². The van der Waals surface area contributed by atoms with Gasteiger partial charge in [-0.25, -0.2) is 0 Å². The van der Waals surface area contributed by atoms with Gasteiger partial charge in [-0.15, -0.1) is 0 Å². The van der Waals surface area contributed by atoms with Crippen LogP contribution in [0.25, 0.3) is 0 Å². The maximum Gasteiger partial charge on any atom is 0.221 e. The Bertz CT molecular complexity index is 162. The fourth-order valence-electron chi connectivity index (χ4n) is 0.776. The van der Waals surface area contributed by atoms with Crippen molar-refractivity contribution in [2.24, 2.45) is 5.73 Å². The van der Waals surface area contributed by atoms with Crippen LogP contribution in [0.1, 0.15) is 25.7 Å². The van der Waals surface area contributed by atoms with E-state index in [0.717, 1.165) is 12.8 Å². The van der Waals surface area contributed by atoms with E-state index >= 15 is 0 Å². The molecule has 68 valence electrons. The average Bonchev–Trinajstić information content (AvgIpc) is 2.05. The summed E-state index contributed by atoms with van der Waals surface area (Å²) in [6.07, 6.45) is 2.66. The van der Waals surface area contributed by atoms with Crippen molar-refractivity contribution in [2.75, 3.05) is 13.1 Å². The Morgan fingerprint density at radius 2 is 2.25 bits per heavy atom. The maximum atomic E-state index is 10.8. The minimum atomic E-state index is -0.00513. The van der Waals surface area contributed by atoms with E-state index in [1.807, 2.05) is 6.07 Å². The SMILES string of the molecule is N#CCCCCNC(=O)CCN. The first-order chi connectivity index (χ1) is 5.81. The summed E-state index contributed by atoms with van der Waals surface area (Å²) in [6, 6.07) is 2.05. The van der Waals surface area contributed by atoms with Gasteiger partial charge in [-0.3, -0.25) is 4.79 Å². The number of unbranched alkanes of at least 4 members (excludes halogenated alkanes) is 2. The average molecular weight is 169 g/mol. The molecule has 0 saturated carbocycles. The van der Waals surface area contributed by atoms with Gasteiger partial charge in [0.25, 0.3) is 0 Å². The van der Waals surface area contributed by atoms with Crippen LogP contribution in [0.2, 0.25) is 0 Å². The number of carbonyl (C=O) groups excluding carboxylic acids is 1. The Morgan fingerprint density at radius 1 is 1.50 bits per heavy atom. The van der Waals surface area contributed by atoms with Crippen LogP contribution in [0.15, 0.2) is 0 Å². The fraction of sp³-hybridized carbons (Fsp3) is 0.750. The van der Waals surface area contributed by atoms with Crippen molar-refractivity contribution in [2.45, 2.75) is 25.7 Å². The van der Waals surface area contributed by atoms with Gasteiger partial charge in [0.2, 0.25) is 5.91 Å². The van der Waals surface area contributed by atoms with Gasteiger partial charge in [0, 0.05) is 25.9 Å². The summed E-state index contributed by atoms with van der Waals surface area (Å²) in [4.78, 5) is 10.8. The molecule has 4 nitrogen and oxygen atoms in total. The van der Waals surface area contributed by atoms with Crippen LogP contribution in [0, 0.1) is 11.3 Å². The molecule has 0 aromatic carbocycles. The summed E-state index contributed by atoms with van der Waals surface area (Å²) < 4.78 is 0. The number of nitrogens with zero attached hydrogens (tertiary/aromatic N) is 1. The van der Waals surface area contributed by atoms with E-state index in [-0.39, 0.29) is 5.91 Å². The highest BCUT2D eigenvalue weighted by molar-refractivity contribution is 5.75. The second kappa shape index (κ2) is 8.02. The molecule has 0 spiro atoms. The van der Waals surface area contributed by atoms with Gasteiger partial charge in [-0.2, -0.15) is 5.26 Å². The number of nitrogens with two attached hydrogens (primary N) is 1. The third-order valence-corrected chi connectivity index (χ3v) is 1.41. The molecule has 0 atom stereocenters. The van der Waals surface area contributed by atoms with Crippen molar-refractivity contribution in [1.29, 1.82) is 5.26 Å². The van der Waals surface area contributed by atoms with E-state index in [1.54, 1.807) is 0 Å². The second-order valence-corrected chi connectivity index (χ2v) is 2.50. The molecule has 1 amide bonds. The molecule has 0 aliphatic carbocycles. The Hall–Kier alpha value is -1.08. The van der Waals surface area contributed by atoms with Crippen molar-refractivity contribution < 1.29 is 4.79 Å². The molecule has 0 saturated heterocycles. The van der Waals surface area contributed by atoms with Crippen molar-refractivity contribution in [1.82, 2.24) is 5.32 Å². The predicted octanol–water partition coefficient (Wildman–Crippen LogP) is 0.145. The van der Waals surface area contributed by atoms with Crippen LogP contribution in [-0.2, 0) is 4.79 Å². The third kappa shape index (κ3) is 7.03. The van der Waals surface area contributed by atoms with Gasteiger partial charge in [-0.1, -0.05) is 0 Å².